The average Bonchev–Trinajstić information content (AvgIpc) is 3.08. The van der Waals surface area contributed by atoms with E-state index in [4.69, 9.17) is 4.74 Å². The molecule has 2 atom stereocenters. The van der Waals surface area contributed by atoms with Crippen molar-refractivity contribution in [3.63, 3.8) is 0 Å². The van der Waals surface area contributed by atoms with Gasteiger partial charge in [-0.1, -0.05) is 12.1 Å². The lowest BCUT2D eigenvalue weighted by atomic mass is 10.0. The Morgan fingerprint density at radius 3 is 2.87 bits per heavy atom. The second kappa shape index (κ2) is 6.49. The molecule has 1 aromatic carbocycles. The molecule has 0 spiro atoms. The van der Waals surface area contributed by atoms with Gasteiger partial charge in [-0.2, -0.15) is 13.2 Å². The summed E-state index contributed by atoms with van der Waals surface area (Å²) in [7, 11) is 0. The molecular formula is C16H19F3N2O2. The van der Waals surface area contributed by atoms with Crippen LogP contribution in [-0.2, 0) is 15.7 Å². The van der Waals surface area contributed by atoms with Gasteiger partial charge in [-0.05, 0) is 37.1 Å². The zero-order chi connectivity index (χ0) is 16.4. The average molecular weight is 328 g/mol. The predicted octanol–water partition coefficient (Wildman–Crippen LogP) is 2.36. The molecule has 7 heteroatoms. The van der Waals surface area contributed by atoms with Crippen LogP contribution >= 0.6 is 0 Å². The van der Waals surface area contributed by atoms with Crippen LogP contribution < -0.4 is 5.32 Å². The Morgan fingerprint density at radius 2 is 2.17 bits per heavy atom. The molecule has 2 aliphatic heterocycles. The predicted molar refractivity (Wildman–Crippen MR) is 77.7 cm³/mol. The molecule has 0 bridgehead atoms. The lowest BCUT2D eigenvalue weighted by molar-refractivity contribution is -0.141. The Balaban J connectivity index is 1.72. The first kappa shape index (κ1) is 16.3. The number of nitrogens with one attached hydrogen (secondary N) is 1. The number of benzene rings is 1. The number of nitrogens with zero attached hydrogens (tertiary/aromatic N) is 1. The van der Waals surface area contributed by atoms with E-state index in [1.54, 1.807) is 11.0 Å². The maximum absolute atomic E-state index is 12.8. The molecule has 2 aliphatic rings. The third kappa shape index (κ3) is 3.67. The summed E-state index contributed by atoms with van der Waals surface area (Å²) >= 11 is 0. The fourth-order valence-electron chi connectivity index (χ4n) is 3.08. The number of halogens is 3. The second-order valence-electron chi connectivity index (χ2n) is 5.92. The summed E-state index contributed by atoms with van der Waals surface area (Å²) in [4.78, 5) is 14.1. The van der Waals surface area contributed by atoms with Gasteiger partial charge in [0, 0.05) is 6.54 Å². The van der Waals surface area contributed by atoms with Gasteiger partial charge in [0.15, 0.2) is 0 Å². The van der Waals surface area contributed by atoms with Gasteiger partial charge in [0.05, 0.1) is 24.8 Å². The van der Waals surface area contributed by atoms with E-state index < -0.39 is 17.8 Å². The molecule has 1 amide bonds. The number of amides is 1. The molecule has 2 heterocycles. The van der Waals surface area contributed by atoms with E-state index in [9.17, 15) is 18.0 Å². The standard InChI is InChI=1S/C16H19F3N2O2/c17-16(18,19)12-4-1-3-11(9-12)14-10-21(7-8-23-14)15(22)13-5-2-6-20-13/h1,3-4,9,13-14,20H,2,5-8,10H2. The van der Waals surface area contributed by atoms with Crippen LogP contribution in [0.4, 0.5) is 13.2 Å². The number of alkyl halides is 3. The molecule has 126 valence electrons. The molecule has 0 aliphatic carbocycles. The highest BCUT2D eigenvalue weighted by Gasteiger charge is 2.34. The third-order valence-electron chi connectivity index (χ3n) is 4.32. The third-order valence-corrected chi connectivity index (χ3v) is 4.32. The van der Waals surface area contributed by atoms with Crippen LogP contribution in [0.15, 0.2) is 24.3 Å². The van der Waals surface area contributed by atoms with Crippen molar-refractivity contribution in [3.05, 3.63) is 35.4 Å². The van der Waals surface area contributed by atoms with Crippen LogP contribution in [0.3, 0.4) is 0 Å². The zero-order valence-electron chi connectivity index (χ0n) is 12.6. The first-order valence-corrected chi connectivity index (χ1v) is 7.76. The van der Waals surface area contributed by atoms with E-state index in [0.717, 1.165) is 31.5 Å². The lowest BCUT2D eigenvalue weighted by Gasteiger charge is -2.34. The monoisotopic (exact) mass is 328 g/mol. The van der Waals surface area contributed by atoms with Crippen molar-refractivity contribution < 1.29 is 22.7 Å². The van der Waals surface area contributed by atoms with Gasteiger partial charge in [-0.15, -0.1) is 0 Å². The number of morpholine rings is 1. The van der Waals surface area contributed by atoms with Crippen molar-refractivity contribution in [2.45, 2.75) is 31.2 Å². The summed E-state index contributed by atoms with van der Waals surface area (Å²) in [5.74, 6) is 0.0165. The molecule has 1 N–H and O–H groups in total. The maximum Gasteiger partial charge on any atom is 0.416 e. The van der Waals surface area contributed by atoms with Crippen LogP contribution in [0.2, 0.25) is 0 Å². The van der Waals surface area contributed by atoms with Crippen molar-refractivity contribution in [2.24, 2.45) is 0 Å². The number of ether oxygens (including phenoxy) is 1. The number of hydrogen-bond donors (Lipinski definition) is 1. The highest BCUT2D eigenvalue weighted by molar-refractivity contribution is 5.82. The SMILES string of the molecule is O=C(C1CCCN1)N1CCOC(c2cccc(C(F)(F)F)c2)C1. The number of carbonyl (C=O) groups is 1. The summed E-state index contributed by atoms with van der Waals surface area (Å²) < 4.78 is 44.1. The number of carbonyl (C=O) groups excluding carboxylic acids is 1. The normalized spacial score (nSPS) is 25.6. The van der Waals surface area contributed by atoms with Gasteiger partial charge >= 0.3 is 6.18 Å². The summed E-state index contributed by atoms with van der Waals surface area (Å²) in [6.07, 6.45) is -3.12. The molecule has 0 radical (unpaired) electrons. The minimum absolute atomic E-state index is 0.0165. The minimum Gasteiger partial charge on any atom is -0.370 e. The Kier molecular flexibility index (Phi) is 4.59. The van der Waals surface area contributed by atoms with E-state index >= 15 is 0 Å². The molecule has 2 fully saturated rings. The Labute approximate surface area is 132 Å². The lowest BCUT2D eigenvalue weighted by Crippen LogP contribution is -2.49. The molecule has 2 unspecified atom stereocenters. The Morgan fingerprint density at radius 1 is 1.35 bits per heavy atom. The van der Waals surface area contributed by atoms with Crippen LogP contribution in [0.5, 0.6) is 0 Å². The minimum atomic E-state index is -4.38. The number of hydrogen-bond acceptors (Lipinski definition) is 3. The summed E-state index contributed by atoms with van der Waals surface area (Å²) in [6, 6.07) is 4.96. The molecule has 2 saturated heterocycles. The van der Waals surface area contributed by atoms with Crippen LogP contribution in [-0.4, -0.2) is 43.1 Å². The molecule has 4 nitrogen and oxygen atoms in total. The first-order valence-electron chi connectivity index (χ1n) is 7.76. The highest BCUT2D eigenvalue weighted by Crippen LogP contribution is 2.32. The molecule has 1 aromatic rings. The van der Waals surface area contributed by atoms with Crippen molar-refractivity contribution in [3.8, 4) is 0 Å². The maximum atomic E-state index is 12.8. The van der Waals surface area contributed by atoms with E-state index in [0.29, 0.717) is 25.3 Å². The molecule has 0 saturated carbocycles. The Hall–Kier alpha value is -1.60. The molecule has 3 rings (SSSR count). The topological polar surface area (TPSA) is 41.6 Å². The summed E-state index contributed by atoms with van der Waals surface area (Å²) in [6.45, 7) is 1.93. The van der Waals surface area contributed by atoms with Crippen LogP contribution in [0, 0.1) is 0 Å². The largest absolute Gasteiger partial charge is 0.416 e. The Bertz CT molecular complexity index is 571. The van der Waals surface area contributed by atoms with Gasteiger partial charge in [0.2, 0.25) is 5.91 Å². The quantitative estimate of drug-likeness (QED) is 0.906. The van der Waals surface area contributed by atoms with Crippen LogP contribution in [0.1, 0.15) is 30.1 Å². The van der Waals surface area contributed by atoms with Crippen molar-refractivity contribution in [2.75, 3.05) is 26.2 Å². The van der Waals surface area contributed by atoms with Crippen LogP contribution in [0.25, 0.3) is 0 Å². The van der Waals surface area contributed by atoms with Gasteiger partial charge in [-0.3, -0.25) is 4.79 Å². The fourth-order valence-corrected chi connectivity index (χ4v) is 3.08. The summed E-state index contributed by atoms with van der Waals surface area (Å²) in [5, 5.41) is 3.16. The second-order valence-corrected chi connectivity index (χ2v) is 5.92. The number of rotatable bonds is 2. The van der Waals surface area contributed by atoms with Gasteiger partial charge < -0.3 is 15.0 Å². The van der Waals surface area contributed by atoms with Gasteiger partial charge in [-0.25, -0.2) is 0 Å². The van der Waals surface area contributed by atoms with Crippen molar-refractivity contribution in [1.29, 1.82) is 0 Å². The van der Waals surface area contributed by atoms with Crippen molar-refractivity contribution >= 4 is 5.91 Å². The van der Waals surface area contributed by atoms with E-state index in [1.807, 2.05) is 0 Å². The zero-order valence-corrected chi connectivity index (χ0v) is 12.6. The highest BCUT2D eigenvalue weighted by atomic mass is 19.4. The van der Waals surface area contributed by atoms with E-state index in [-0.39, 0.29) is 11.9 Å². The first-order chi connectivity index (χ1) is 10.9. The van der Waals surface area contributed by atoms with Gasteiger partial charge in [0.25, 0.3) is 0 Å². The van der Waals surface area contributed by atoms with Gasteiger partial charge in [0.1, 0.15) is 6.10 Å². The molecule has 23 heavy (non-hydrogen) atoms. The van der Waals surface area contributed by atoms with E-state index in [1.165, 1.54) is 6.07 Å². The smallest absolute Gasteiger partial charge is 0.370 e. The molecular weight excluding hydrogens is 309 g/mol. The molecule has 0 aromatic heterocycles. The van der Waals surface area contributed by atoms with Crippen molar-refractivity contribution in [1.82, 2.24) is 10.2 Å². The fraction of sp³-hybridized carbons (Fsp3) is 0.562. The summed E-state index contributed by atoms with van der Waals surface area (Å²) in [5.41, 5.74) is -0.240. The van der Waals surface area contributed by atoms with E-state index in [2.05, 4.69) is 5.32 Å².